The van der Waals surface area contributed by atoms with E-state index in [1.54, 1.807) is 24.5 Å². The number of nitrogens with zero attached hydrogens (tertiary/aromatic N) is 2. The number of rotatable bonds is 4. The number of hydrogen-bond acceptors (Lipinski definition) is 7. The summed E-state index contributed by atoms with van der Waals surface area (Å²) < 4.78 is 11.2. The summed E-state index contributed by atoms with van der Waals surface area (Å²) in [5, 5.41) is 8.62. The molecule has 3 amide bonds. The number of carbonyl (C=O) groups excluding carboxylic acids is 3. The molecule has 2 atom stereocenters. The number of aryl methyl sites for hydroxylation is 2. The Morgan fingerprint density at radius 3 is 2.56 bits per heavy atom. The van der Waals surface area contributed by atoms with Gasteiger partial charge in [-0.25, -0.2) is 4.98 Å². The Morgan fingerprint density at radius 1 is 0.976 bits per heavy atom. The van der Waals surface area contributed by atoms with Crippen molar-refractivity contribution in [3.63, 3.8) is 0 Å². The Morgan fingerprint density at radius 2 is 1.78 bits per heavy atom. The molecule has 2 aromatic carbocycles. The van der Waals surface area contributed by atoms with Crippen molar-refractivity contribution in [2.24, 2.45) is 0 Å². The first-order chi connectivity index (χ1) is 20.0. The van der Waals surface area contributed by atoms with Crippen LogP contribution >= 0.6 is 11.3 Å². The average molecular weight is 577 g/mol. The van der Waals surface area contributed by atoms with Gasteiger partial charge in [-0.15, -0.1) is 11.3 Å². The monoisotopic (exact) mass is 576 g/mol. The lowest BCUT2D eigenvalue weighted by Crippen LogP contribution is -2.48. The standard InChI is InChI=1S/C31H36N4O5S/c1-39-26-16-20-10-13-27(36)33-18-24-12-11-23(17-28(37)32-14-6-9-22(15-20)29(26)40-2)35(24)31(38)25-19-41-30(34-25)21-7-4-3-5-8-21/h3-5,7-8,15-16,19,23-24H,6,9-14,17-18H2,1-2H3,(H,32,37)(H,33,36)/t23-,24+/m0/s1. The van der Waals surface area contributed by atoms with E-state index in [0.717, 1.165) is 21.7 Å². The molecule has 41 heavy (non-hydrogen) atoms. The third-order valence-corrected chi connectivity index (χ3v) is 8.65. The van der Waals surface area contributed by atoms with Gasteiger partial charge in [0.25, 0.3) is 5.91 Å². The van der Waals surface area contributed by atoms with Crippen molar-refractivity contribution in [2.45, 2.75) is 57.0 Å². The molecule has 4 bridgehead atoms. The number of carbonyl (C=O) groups is 3. The van der Waals surface area contributed by atoms with Crippen molar-refractivity contribution in [3.05, 3.63) is 64.7 Å². The smallest absolute Gasteiger partial charge is 0.273 e. The molecule has 2 aliphatic heterocycles. The van der Waals surface area contributed by atoms with E-state index in [-0.39, 0.29) is 36.2 Å². The molecule has 0 saturated carbocycles. The van der Waals surface area contributed by atoms with Crippen LogP contribution in [0.3, 0.4) is 0 Å². The summed E-state index contributed by atoms with van der Waals surface area (Å²) in [7, 11) is 3.21. The van der Waals surface area contributed by atoms with Gasteiger partial charge < -0.3 is 25.0 Å². The highest BCUT2D eigenvalue weighted by Gasteiger charge is 2.39. The van der Waals surface area contributed by atoms with Gasteiger partial charge in [-0.05, 0) is 49.3 Å². The summed E-state index contributed by atoms with van der Waals surface area (Å²) in [6.45, 7) is 0.834. The van der Waals surface area contributed by atoms with Gasteiger partial charge in [0.15, 0.2) is 11.5 Å². The van der Waals surface area contributed by atoms with Gasteiger partial charge >= 0.3 is 0 Å². The summed E-state index contributed by atoms with van der Waals surface area (Å²) in [5.41, 5.74) is 3.28. The molecule has 1 saturated heterocycles. The molecule has 5 rings (SSSR count). The zero-order valence-corrected chi connectivity index (χ0v) is 24.3. The third kappa shape index (κ3) is 6.70. The quantitative estimate of drug-likeness (QED) is 0.486. The maximum absolute atomic E-state index is 13.8. The number of thiazole rings is 1. The van der Waals surface area contributed by atoms with Crippen molar-refractivity contribution in [3.8, 4) is 22.1 Å². The number of amides is 3. The average Bonchev–Trinajstić information content (AvgIpc) is 3.64. The third-order valence-electron chi connectivity index (χ3n) is 7.76. The van der Waals surface area contributed by atoms with E-state index in [9.17, 15) is 14.4 Å². The maximum Gasteiger partial charge on any atom is 0.273 e. The highest BCUT2D eigenvalue weighted by Crippen LogP contribution is 2.34. The Labute approximate surface area is 244 Å². The molecule has 0 aliphatic carbocycles. The predicted molar refractivity (Wildman–Crippen MR) is 157 cm³/mol. The second kappa shape index (κ2) is 13.2. The van der Waals surface area contributed by atoms with Gasteiger partial charge in [-0.3, -0.25) is 14.4 Å². The normalized spacial score (nSPS) is 20.1. The second-order valence-electron chi connectivity index (χ2n) is 10.5. The molecule has 1 aromatic heterocycles. The van der Waals surface area contributed by atoms with Crippen molar-refractivity contribution in [1.29, 1.82) is 0 Å². The summed E-state index contributed by atoms with van der Waals surface area (Å²) in [4.78, 5) is 46.1. The van der Waals surface area contributed by atoms with Crippen LogP contribution in [0.4, 0.5) is 0 Å². The van der Waals surface area contributed by atoms with Gasteiger partial charge in [0.1, 0.15) is 10.7 Å². The minimum Gasteiger partial charge on any atom is -0.493 e. The maximum atomic E-state index is 13.8. The highest BCUT2D eigenvalue weighted by molar-refractivity contribution is 7.13. The Kier molecular flexibility index (Phi) is 9.18. The number of hydrogen-bond donors (Lipinski definition) is 2. The predicted octanol–water partition coefficient (Wildman–Crippen LogP) is 4.00. The molecular formula is C31H36N4O5S. The molecule has 0 spiro atoms. The van der Waals surface area contributed by atoms with Crippen LogP contribution in [0.1, 0.15) is 53.7 Å². The zero-order valence-electron chi connectivity index (χ0n) is 23.5. The molecule has 216 valence electrons. The number of nitrogens with one attached hydrogen (secondary N) is 2. The summed E-state index contributed by atoms with van der Waals surface area (Å²) in [6, 6.07) is 13.2. The van der Waals surface area contributed by atoms with Crippen molar-refractivity contribution >= 4 is 29.1 Å². The lowest BCUT2D eigenvalue weighted by atomic mass is 10.0. The van der Waals surface area contributed by atoms with E-state index in [2.05, 4.69) is 21.7 Å². The molecule has 10 heteroatoms. The Balaban J connectivity index is 1.35. The van der Waals surface area contributed by atoms with Gasteiger partial charge in [0.05, 0.1) is 14.2 Å². The van der Waals surface area contributed by atoms with Crippen LogP contribution in [-0.2, 0) is 22.4 Å². The van der Waals surface area contributed by atoms with Crippen molar-refractivity contribution in [1.82, 2.24) is 20.5 Å². The van der Waals surface area contributed by atoms with E-state index in [0.29, 0.717) is 68.8 Å². The molecule has 2 N–H and O–H groups in total. The van der Waals surface area contributed by atoms with Gasteiger partial charge in [0, 0.05) is 49.0 Å². The number of fused-ring (bicyclic) bond motifs is 4. The minimum absolute atomic E-state index is 0.0840. The molecule has 3 aromatic rings. The second-order valence-corrected chi connectivity index (χ2v) is 11.3. The molecule has 0 radical (unpaired) electrons. The Hall–Kier alpha value is -3.92. The molecule has 1 fully saturated rings. The van der Waals surface area contributed by atoms with Gasteiger partial charge in [0.2, 0.25) is 11.8 Å². The van der Waals surface area contributed by atoms with Crippen LogP contribution in [0.25, 0.3) is 10.6 Å². The lowest BCUT2D eigenvalue weighted by Gasteiger charge is -2.30. The topological polar surface area (TPSA) is 110 Å². The number of ether oxygens (including phenoxy) is 2. The first kappa shape index (κ1) is 28.6. The summed E-state index contributed by atoms with van der Waals surface area (Å²) >= 11 is 1.42. The van der Waals surface area contributed by atoms with Crippen LogP contribution in [0.5, 0.6) is 11.5 Å². The van der Waals surface area contributed by atoms with Crippen LogP contribution in [0.2, 0.25) is 0 Å². The van der Waals surface area contributed by atoms with Crippen LogP contribution in [-0.4, -0.2) is 67.0 Å². The lowest BCUT2D eigenvalue weighted by molar-refractivity contribution is -0.123. The van der Waals surface area contributed by atoms with E-state index in [4.69, 9.17) is 9.47 Å². The van der Waals surface area contributed by atoms with E-state index < -0.39 is 0 Å². The van der Waals surface area contributed by atoms with Crippen LogP contribution < -0.4 is 20.1 Å². The van der Waals surface area contributed by atoms with Crippen LogP contribution in [0, 0.1) is 0 Å². The minimum atomic E-state index is -0.263. The SMILES string of the molecule is COc1cc2cc(c1OC)CCCNC(=O)C[C@@H]1CC[C@H](CNC(=O)CC2)N1C(=O)c1csc(-c2ccccc2)n1. The van der Waals surface area contributed by atoms with Gasteiger partial charge in [-0.1, -0.05) is 36.4 Å². The highest BCUT2D eigenvalue weighted by atomic mass is 32.1. The number of methoxy groups -OCH3 is 2. The summed E-state index contributed by atoms with van der Waals surface area (Å²) in [5.74, 6) is 0.925. The van der Waals surface area contributed by atoms with E-state index in [1.165, 1.54) is 11.3 Å². The van der Waals surface area contributed by atoms with E-state index in [1.807, 2.05) is 36.4 Å². The Bertz CT molecular complexity index is 1390. The molecule has 3 heterocycles. The van der Waals surface area contributed by atoms with Crippen molar-refractivity contribution in [2.75, 3.05) is 27.3 Å². The van der Waals surface area contributed by atoms with Crippen molar-refractivity contribution < 1.29 is 23.9 Å². The zero-order chi connectivity index (χ0) is 28.8. The fraction of sp³-hybridized carbons (Fsp3) is 0.419. The number of aromatic nitrogens is 1. The molecular weight excluding hydrogens is 540 g/mol. The first-order valence-electron chi connectivity index (χ1n) is 14.1. The van der Waals surface area contributed by atoms with Crippen LogP contribution in [0.15, 0.2) is 47.8 Å². The molecule has 2 aliphatic rings. The van der Waals surface area contributed by atoms with E-state index >= 15 is 0 Å². The number of benzene rings is 2. The molecule has 0 unspecified atom stereocenters. The summed E-state index contributed by atoms with van der Waals surface area (Å²) in [6.07, 6.45) is 3.86. The fourth-order valence-electron chi connectivity index (χ4n) is 5.72. The largest absolute Gasteiger partial charge is 0.493 e. The first-order valence-corrected chi connectivity index (χ1v) is 15.0. The molecule has 9 nitrogen and oxygen atoms in total. The fourth-order valence-corrected chi connectivity index (χ4v) is 6.52. The van der Waals surface area contributed by atoms with Gasteiger partial charge in [-0.2, -0.15) is 0 Å².